The molecule has 94 valence electrons. The molecule has 0 saturated heterocycles. The average Bonchev–Trinajstić information content (AvgIpc) is 2.28. The van der Waals surface area contributed by atoms with Gasteiger partial charge in [0, 0.05) is 4.47 Å². The summed E-state index contributed by atoms with van der Waals surface area (Å²) in [6.07, 6.45) is 0. The number of hydrazone groups is 1. The third kappa shape index (κ3) is 3.58. The van der Waals surface area contributed by atoms with Gasteiger partial charge >= 0.3 is 0 Å². The zero-order chi connectivity index (χ0) is 13.7. The third-order valence-electron chi connectivity index (χ3n) is 1.86. The van der Waals surface area contributed by atoms with E-state index in [0.717, 1.165) is 8.04 Å². The molecule has 0 aliphatic heterocycles. The second-order valence-corrected chi connectivity index (χ2v) is 5.14. The van der Waals surface area contributed by atoms with Gasteiger partial charge in [-0.15, -0.1) is 0 Å². The van der Waals surface area contributed by atoms with Crippen molar-refractivity contribution in [3.05, 3.63) is 20.2 Å². The molecule has 0 amide bonds. The Hall–Kier alpha value is -1.34. The van der Waals surface area contributed by atoms with Crippen molar-refractivity contribution in [3.63, 3.8) is 0 Å². The van der Waals surface area contributed by atoms with Crippen molar-refractivity contribution >= 4 is 55.8 Å². The summed E-state index contributed by atoms with van der Waals surface area (Å²) in [7, 11) is 1.54. The van der Waals surface area contributed by atoms with Gasteiger partial charge in [-0.3, -0.25) is 10.8 Å². The largest absolute Gasteiger partial charge is 0.493 e. The molecule has 0 radical (unpaired) electrons. The zero-order valence-electron chi connectivity index (χ0n) is 9.29. The van der Waals surface area contributed by atoms with E-state index in [-0.39, 0.29) is 5.71 Å². The Morgan fingerprint density at radius 3 is 2.83 bits per heavy atom. The average molecular weight is 422 g/mol. The first-order valence-electron chi connectivity index (χ1n) is 4.60. The minimum absolute atomic E-state index is 0.188. The van der Waals surface area contributed by atoms with Gasteiger partial charge in [0.25, 0.3) is 0 Å². The number of benzene rings is 1. The maximum Gasteiger partial charge on any atom is 0.201 e. The van der Waals surface area contributed by atoms with E-state index in [2.05, 4.69) is 49.0 Å². The summed E-state index contributed by atoms with van der Waals surface area (Å²) in [5.41, 5.74) is 8.24. The molecule has 0 bridgehead atoms. The van der Waals surface area contributed by atoms with Crippen LogP contribution in [0.1, 0.15) is 0 Å². The summed E-state index contributed by atoms with van der Waals surface area (Å²) in [6, 6.07) is 5.35. The molecule has 0 aliphatic carbocycles. The second kappa shape index (κ2) is 6.55. The van der Waals surface area contributed by atoms with Crippen molar-refractivity contribution in [2.45, 2.75) is 0 Å². The van der Waals surface area contributed by atoms with Crippen molar-refractivity contribution < 1.29 is 4.74 Å². The fourth-order valence-electron chi connectivity index (χ4n) is 1.11. The van der Waals surface area contributed by atoms with Gasteiger partial charge in [0.2, 0.25) is 5.71 Å². The number of anilines is 1. The minimum atomic E-state index is -0.395. The molecule has 4 N–H and O–H groups in total. The number of nitrogens with two attached hydrogens (primary N) is 1. The normalized spacial score (nSPS) is 10.7. The first-order valence-corrected chi connectivity index (χ1v) is 6.48. The SMILES string of the molecule is COc1c(I)cc(Br)cc1N/N=C(\C#N)C(=N)N. The summed E-state index contributed by atoms with van der Waals surface area (Å²) in [6.45, 7) is 0. The first-order chi connectivity index (χ1) is 8.49. The predicted molar refractivity (Wildman–Crippen MR) is 82.0 cm³/mol. The van der Waals surface area contributed by atoms with Gasteiger partial charge in [0.1, 0.15) is 11.8 Å². The fourth-order valence-corrected chi connectivity index (χ4v) is 2.84. The highest BCUT2D eigenvalue weighted by Gasteiger charge is 2.09. The molecule has 0 spiro atoms. The first kappa shape index (κ1) is 14.7. The van der Waals surface area contributed by atoms with E-state index in [0.29, 0.717) is 11.4 Å². The standard InChI is InChI=1S/C10H9BrIN5O/c1-18-9-6(12)2-5(11)3-7(9)16-17-8(4-13)10(14)15/h2-3,16H,1H3,(H3,14,15)/b17-8+. The molecule has 0 fully saturated rings. The summed E-state index contributed by atoms with van der Waals surface area (Å²) in [5, 5.41) is 19.6. The molecule has 0 atom stereocenters. The highest BCUT2D eigenvalue weighted by Crippen LogP contribution is 2.33. The number of nitriles is 1. The number of nitrogens with zero attached hydrogens (tertiary/aromatic N) is 2. The lowest BCUT2D eigenvalue weighted by molar-refractivity contribution is 0.413. The van der Waals surface area contributed by atoms with Crippen LogP contribution in [0.2, 0.25) is 0 Å². The molecule has 18 heavy (non-hydrogen) atoms. The molecular weight excluding hydrogens is 413 g/mol. The Morgan fingerprint density at radius 1 is 1.67 bits per heavy atom. The molecule has 0 heterocycles. The smallest absolute Gasteiger partial charge is 0.201 e. The molecule has 0 aromatic heterocycles. The quantitative estimate of drug-likeness (QED) is 0.300. The van der Waals surface area contributed by atoms with Crippen LogP contribution in [0.25, 0.3) is 0 Å². The Morgan fingerprint density at radius 2 is 2.33 bits per heavy atom. The number of hydrogen-bond donors (Lipinski definition) is 3. The summed E-state index contributed by atoms with van der Waals surface area (Å²) in [5.74, 6) is 0.206. The highest BCUT2D eigenvalue weighted by atomic mass is 127. The number of rotatable bonds is 4. The Bertz CT molecular complexity index is 552. The van der Waals surface area contributed by atoms with Crippen molar-refractivity contribution in [2.75, 3.05) is 12.5 Å². The van der Waals surface area contributed by atoms with E-state index in [1.807, 2.05) is 6.07 Å². The van der Waals surface area contributed by atoms with Crippen molar-refractivity contribution in [1.82, 2.24) is 0 Å². The molecule has 1 aromatic rings. The van der Waals surface area contributed by atoms with Crippen molar-refractivity contribution in [2.24, 2.45) is 10.8 Å². The molecule has 0 saturated carbocycles. The maximum atomic E-state index is 8.73. The fraction of sp³-hybridized carbons (Fsp3) is 0.100. The summed E-state index contributed by atoms with van der Waals surface area (Å²) < 4.78 is 6.95. The van der Waals surface area contributed by atoms with E-state index in [9.17, 15) is 0 Å². The lowest BCUT2D eigenvalue weighted by Gasteiger charge is -2.10. The number of amidine groups is 1. The van der Waals surface area contributed by atoms with Gasteiger partial charge in [-0.2, -0.15) is 10.4 Å². The van der Waals surface area contributed by atoms with Crippen LogP contribution in [0.4, 0.5) is 5.69 Å². The molecule has 8 heteroatoms. The Kier molecular flexibility index (Phi) is 5.36. The number of ether oxygens (including phenoxy) is 1. The highest BCUT2D eigenvalue weighted by molar-refractivity contribution is 14.1. The van der Waals surface area contributed by atoms with Crippen LogP contribution in [0.3, 0.4) is 0 Å². The number of hydrogen-bond acceptors (Lipinski definition) is 5. The third-order valence-corrected chi connectivity index (χ3v) is 3.12. The molecule has 1 rings (SSSR count). The van der Waals surface area contributed by atoms with E-state index in [1.54, 1.807) is 12.1 Å². The van der Waals surface area contributed by atoms with Crippen molar-refractivity contribution in [3.8, 4) is 11.8 Å². The van der Waals surface area contributed by atoms with E-state index < -0.39 is 5.84 Å². The minimum Gasteiger partial charge on any atom is -0.493 e. The zero-order valence-corrected chi connectivity index (χ0v) is 13.0. The molecule has 6 nitrogen and oxygen atoms in total. The van der Waals surface area contributed by atoms with Gasteiger partial charge in [0.05, 0.1) is 10.7 Å². The van der Waals surface area contributed by atoms with E-state index in [1.165, 1.54) is 7.11 Å². The van der Waals surface area contributed by atoms with Crippen molar-refractivity contribution in [1.29, 1.82) is 10.7 Å². The van der Waals surface area contributed by atoms with Gasteiger partial charge in [-0.05, 0) is 34.7 Å². The van der Waals surface area contributed by atoms with Gasteiger partial charge in [-0.1, -0.05) is 15.9 Å². The molecular formula is C10H9BrIN5O. The topological polar surface area (TPSA) is 107 Å². The maximum absolute atomic E-state index is 8.73. The molecule has 0 aliphatic rings. The molecule has 0 unspecified atom stereocenters. The van der Waals surface area contributed by atoms with Crippen LogP contribution in [-0.4, -0.2) is 18.7 Å². The number of methoxy groups -OCH3 is 1. The van der Waals surface area contributed by atoms with Gasteiger partial charge in [-0.25, -0.2) is 0 Å². The van der Waals surface area contributed by atoms with E-state index in [4.69, 9.17) is 21.1 Å². The predicted octanol–water partition coefficient (Wildman–Crippen LogP) is 2.29. The summed E-state index contributed by atoms with van der Waals surface area (Å²) >= 11 is 5.46. The lowest BCUT2D eigenvalue weighted by Crippen LogP contribution is -2.21. The molecule has 1 aromatic carbocycles. The summed E-state index contributed by atoms with van der Waals surface area (Å²) in [4.78, 5) is 0. The lowest BCUT2D eigenvalue weighted by atomic mass is 10.3. The number of halogens is 2. The Labute approximate surface area is 126 Å². The Balaban J connectivity index is 3.12. The van der Waals surface area contributed by atoms with Crippen LogP contribution in [0, 0.1) is 20.3 Å². The van der Waals surface area contributed by atoms with Crippen LogP contribution in [0.15, 0.2) is 21.7 Å². The van der Waals surface area contributed by atoms with Crippen LogP contribution >= 0.6 is 38.5 Å². The van der Waals surface area contributed by atoms with Crippen LogP contribution in [0.5, 0.6) is 5.75 Å². The number of nitrogens with one attached hydrogen (secondary N) is 2. The van der Waals surface area contributed by atoms with E-state index >= 15 is 0 Å². The van der Waals surface area contributed by atoms with Gasteiger partial charge in [0.15, 0.2) is 11.6 Å². The van der Waals surface area contributed by atoms with Crippen LogP contribution in [-0.2, 0) is 0 Å². The second-order valence-electron chi connectivity index (χ2n) is 3.07. The van der Waals surface area contributed by atoms with Gasteiger partial charge < -0.3 is 10.5 Å². The monoisotopic (exact) mass is 421 g/mol. The van der Waals surface area contributed by atoms with Crippen LogP contribution < -0.4 is 15.9 Å².